The normalized spacial score (nSPS) is 12.9. The van der Waals surface area contributed by atoms with Crippen molar-refractivity contribution in [2.45, 2.75) is 89.5 Å². The number of nitrogens with two attached hydrogens (primary N) is 1. The van der Waals surface area contributed by atoms with E-state index in [0.717, 1.165) is 38.5 Å². The minimum atomic E-state index is -0.117. The summed E-state index contributed by atoms with van der Waals surface area (Å²) in [5.74, 6) is -0.117. The lowest BCUT2D eigenvalue weighted by Gasteiger charge is -2.05. The standard InChI is InChI=1S/C21H39NO3/c1-25-21(24)18-16-14-12-10-8-6-4-2-3-5-7-9-11-13-15-17-20(22)19-23/h9-12,20,23H,2-8,13-19,22H2,1H3/b11-9-,12-10-/t20-/m1/s1. The van der Waals surface area contributed by atoms with Crippen LogP contribution in [0.2, 0.25) is 0 Å². The molecule has 0 heterocycles. The van der Waals surface area contributed by atoms with Gasteiger partial charge in [-0.1, -0.05) is 43.6 Å². The molecule has 0 aliphatic heterocycles. The average Bonchev–Trinajstić information content (AvgIpc) is 2.63. The first-order valence-electron chi connectivity index (χ1n) is 9.94. The number of aliphatic hydroxyl groups excluding tert-OH is 1. The first kappa shape index (κ1) is 23.9. The van der Waals surface area contributed by atoms with Crippen molar-refractivity contribution in [2.75, 3.05) is 13.7 Å². The Hall–Kier alpha value is -1.13. The van der Waals surface area contributed by atoms with Crippen LogP contribution in [0.25, 0.3) is 0 Å². The van der Waals surface area contributed by atoms with Crippen LogP contribution in [0.1, 0.15) is 83.5 Å². The number of carbonyl (C=O) groups excluding carboxylic acids is 1. The van der Waals surface area contributed by atoms with Crippen LogP contribution in [0.3, 0.4) is 0 Å². The van der Waals surface area contributed by atoms with Gasteiger partial charge in [-0.3, -0.25) is 4.79 Å². The number of unbranched alkanes of at least 4 members (excludes halogenated alkanes) is 8. The van der Waals surface area contributed by atoms with E-state index in [1.807, 2.05) is 0 Å². The minimum Gasteiger partial charge on any atom is -0.469 e. The van der Waals surface area contributed by atoms with Crippen molar-refractivity contribution in [3.05, 3.63) is 24.3 Å². The van der Waals surface area contributed by atoms with Gasteiger partial charge in [0.05, 0.1) is 13.7 Å². The van der Waals surface area contributed by atoms with E-state index in [-0.39, 0.29) is 18.6 Å². The molecule has 0 aliphatic rings. The molecule has 0 saturated heterocycles. The molecule has 146 valence electrons. The van der Waals surface area contributed by atoms with Crippen LogP contribution < -0.4 is 5.73 Å². The predicted molar refractivity (Wildman–Crippen MR) is 105 cm³/mol. The molecule has 0 radical (unpaired) electrons. The third kappa shape index (κ3) is 19.0. The number of methoxy groups -OCH3 is 1. The van der Waals surface area contributed by atoms with Gasteiger partial charge in [0, 0.05) is 12.5 Å². The van der Waals surface area contributed by atoms with Crippen LogP contribution in [0.15, 0.2) is 24.3 Å². The van der Waals surface area contributed by atoms with Gasteiger partial charge in [0.15, 0.2) is 0 Å². The third-order valence-corrected chi connectivity index (χ3v) is 4.23. The molecule has 0 rings (SSSR count). The van der Waals surface area contributed by atoms with Gasteiger partial charge in [-0.25, -0.2) is 0 Å². The van der Waals surface area contributed by atoms with Crippen molar-refractivity contribution in [2.24, 2.45) is 5.73 Å². The fourth-order valence-electron chi connectivity index (χ4n) is 2.58. The second-order valence-electron chi connectivity index (χ2n) is 6.63. The molecular formula is C21H39NO3. The number of esters is 1. The molecule has 0 bridgehead atoms. The Bertz CT molecular complexity index is 353. The molecule has 3 N–H and O–H groups in total. The molecule has 0 aromatic carbocycles. The second-order valence-corrected chi connectivity index (χ2v) is 6.63. The molecule has 1 atom stereocenters. The van der Waals surface area contributed by atoms with Gasteiger partial charge in [-0.2, -0.15) is 0 Å². The van der Waals surface area contributed by atoms with E-state index >= 15 is 0 Å². The van der Waals surface area contributed by atoms with Crippen molar-refractivity contribution in [1.29, 1.82) is 0 Å². The van der Waals surface area contributed by atoms with E-state index in [0.29, 0.717) is 6.42 Å². The van der Waals surface area contributed by atoms with Gasteiger partial charge in [-0.05, 0) is 57.8 Å². The Morgan fingerprint density at radius 1 is 0.880 bits per heavy atom. The summed E-state index contributed by atoms with van der Waals surface area (Å²) in [7, 11) is 1.44. The zero-order chi connectivity index (χ0) is 18.6. The van der Waals surface area contributed by atoms with Crippen LogP contribution >= 0.6 is 0 Å². The molecule has 0 aromatic heterocycles. The fourth-order valence-corrected chi connectivity index (χ4v) is 2.58. The molecular weight excluding hydrogens is 314 g/mol. The molecule has 0 spiro atoms. The lowest BCUT2D eigenvalue weighted by atomic mass is 10.1. The van der Waals surface area contributed by atoms with Crippen molar-refractivity contribution >= 4 is 5.97 Å². The molecule has 4 heteroatoms. The summed E-state index contributed by atoms with van der Waals surface area (Å²) in [6, 6.07) is -0.0527. The maximum Gasteiger partial charge on any atom is 0.305 e. The summed E-state index contributed by atoms with van der Waals surface area (Å²) in [5, 5.41) is 8.83. The van der Waals surface area contributed by atoms with Gasteiger partial charge in [0.2, 0.25) is 0 Å². The summed E-state index contributed by atoms with van der Waals surface area (Å²) in [5.41, 5.74) is 5.65. The Morgan fingerprint density at radius 3 is 1.88 bits per heavy atom. The van der Waals surface area contributed by atoms with Crippen molar-refractivity contribution < 1.29 is 14.6 Å². The predicted octanol–water partition coefficient (Wildman–Crippen LogP) is 4.66. The molecule has 0 fully saturated rings. The summed E-state index contributed by atoms with van der Waals surface area (Å²) in [4.78, 5) is 10.9. The van der Waals surface area contributed by atoms with Gasteiger partial charge in [0.25, 0.3) is 0 Å². The molecule has 0 unspecified atom stereocenters. The highest BCUT2D eigenvalue weighted by Gasteiger charge is 1.98. The van der Waals surface area contributed by atoms with Crippen LogP contribution in [0.5, 0.6) is 0 Å². The smallest absolute Gasteiger partial charge is 0.305 e. The molecule has 0 amide bonds. The topological polar surface area (TPSA) is 72.5 Å². The number of carbonyl (C=O) groups is 1. The minimum absolute atomic E-state index is 0.0527. The van der Waals surface area contributed by atoms with Crippen LogP contribution in [-0.4, -0.2) is 30.8 Å². The molecule has 25 heavy (non-hydrogen) atoms. The van der Waals surface area contributed by atoms with E-state index in [1.165, 1.54) is 45.6 Å². The number of rotatable bonds is 17. The Kier molecular flexibility index (Phi) is 18.3. The largest absolute Gasteiger partial charge is 0.469 e. The Morgan fingerprint density at radius 2 is 1.36 bits per heavy atom. The maximum absolute atomic E-state index is 10.9. The zero-order valence-corrected chi connectivity index (χ0v) is 16.1. The molecule has 0 saturated carbocycles. The van der Waals surface area contributed by atoms with E-state index in [2.05, 4.69) is 29.0 Å². The highest BCUT2D eigenvalue weighted by Crippen LogP contribution is 2.09. The lowest BCUT2D eigenvalue weighted by Crippen LogP contribution is -2.23. The van der Waals surface area contributed by atoms with Crippen LogP contribution in [-0.2, 0) is 9.53 Å². The summed E-state index contributed by atoms with van der Waals surface area (Å²) in [6.07, 6.45) is 23.1. The van der Waals surface area contributed by atoms with Gasteiger partial charge in [0.1, 0.15) is 0 Å². The SMILES string of the molecule is COC(=O)CCC/C=C\CCCCCCC/C=C\CCC[C@@H](N)CO. The highest BCUT2D eigenvalue weighted by atomic mass is 16.5. The lowest BCUT2D eigenvalue weighted by molar-refractivity contribution is -0.140. The summed E-state index contributed by atoms with van der Waals surface area (Å²) < 4.78 is 4.61. The first-order chi connectivity index (χ1) is 12.2. The quantitative estimate of drug-likeness (QED) is 0.226. The van der Waals surface area contributed by atoms with Crippen molar-refractivity contribution in [3.63, 3.8) is 0 Å². The second kappa shape index (κ2) is 19.2. The zero-order valence-electron chi connectivity index (χ0n) is 16.1. The highest BCUT2D eigenvalue weighted by molar-refractivity contribution is 5.68. The number of hydrogen-bond acceptors (Lipinski definition) is 4. The van der Waals surface area contributed by atoms with Gasteiger partial charge < -0.3 is 15.6 Å². The Labute approximate surface area is 154 Å². The van der Waals surface area contributed by atoms with Gasteiger partial charge >= 0.3 is 5.97 Å². The monoisotopic (exact) mass is 353 g/mol. The fraction of sp³-hybridized carbons (Fsp3) is 0.762. The third-order valence-electron chi connectivity index (χ3n) is 4.23. The molecule has 0 aromatic rings. The maximum atomic E-state index is 10.9. The van der Waals surface area contributed by atoms with Gasteiger partial charge in [-0.15, -0.1) is 0 Å². The van der Waals surface area contributed by atoms with E-state index in [1.54, 1.807) is 0 Å². The number of ether oxygens (including phenoxy) is 1. The van der Waals surface area contributed by atoms with E-state index in [9.17, 15) is 4.79 Å². The number of allylic oxidation sites excluding steroid dienone is 4. The average molecular weight is 354 g/mol. The summed E-state index contributed by atoms with van der Waals surface area (Å²) in [6.45, 7) is 0.0922. The number of aliphatic hydroxyl groups is 1. The van der Waals surface area contributed by atoms with Crippen molar-refractivity contribution in [3.8, 4) is 0 Å². The Balaban J connectivity index is 3.22. The number of hydrogen-bond donors (Lipinski definition) is 2. The van der Waals surface area contributed by atoms with Crippen LogP contribution in [0, 0.1) is 0 Å². The van der Waals surface area contributed by atoms with Crippen molar-refractivity contribution in [1.82, 2.24) is 0 Å². The molecule has 0 aliphatic carbocycles. The van der Waals surface area contributed by atoms with E-state index < -0.39 is 0 Å². The van der Waals surface area contributed by atoms with Crippen LogP contribution in [0.4, 0.5) is 0 Å². The first-order valence-corrected chi connectivity index (χ1v) is 9.94. The van der Waals surface area contributed by atoms with E-state index in [4.69, 9.17) is 10.8 Å². The molecule has 4 nitrogen and oxygen atoms in total. The summed E-state index contributed by atoms with van der Waals surface area (Å²) >= 11 is 0.